The van der Waals surface area contributed by atoms with Crippen molar-refractivity contribution in [2.75, 3.05) is 6.54 Å². The molecule has 2 nitrogen and oxygen atoms in total. The molecule has 0 amide bonds. The summed E-state index contributed by atoms with van der Waals surface area (Å²) in [4.78, 5) is 0. The third-order valence-electron chi connectivity index (χ3n) is 3.60. The molecule has 3 rings (SSSR count). The molecule has 0 spiro atoms. The number of benzene rings is 2. The summed E-state index contributed by atoms with van der Waals surface area (Å²) in [5.74, 6) is 1.07. The van der Waals surface area contributed by atoms with Crippen molar-refractivity contribution >= 4 is 11.6 Å². The van der Waals surface area contributed by atoms with Crippen molar-refractivity contribution in [3.05, 3.63) is 82.8 Å². The average molecular weight is 330 g/mol. The Balaban J connectivity index is 1.52. The van der Waals surface area contributed by atoms with Gasteiger partial charge in [0.25, 0.3) is 0 Å². The Labute approximate surface area is 139 Å². The normalized spacial score (nSPS) is 10.9. The van der Waals surface area contributed by atoms with Gasteiger partial charge in [-0.1, -0.05) is 35.9 Å². The van der Waals surface area contributed by atoms with Gasteiger partial charge in [0.15, 0.2) is 0 Å². The van der Waals surface area contributed by atoms with Crippen LogP contribution in [0.15, 0.2) is 65.1 Å². The van der Waals surface area contributed by atoms with Crippen LogP contribution in [0.2, 0.25) is 5.02 Å². The van der Waals surface area contributed by atoms with Crippen molar-refractivity contribution in [2.24, 2.45) is 0 Å². The highest BCUT2D eigenvalue weighted by atomic mass is 35.5. The van der Waals surface area contributed by atoms with Crippen LogP contribution >= 0.6 is 11.6 Å². The first kappa shape index (κ1) is 15.8. The molecule has 0 bridgehead atoms. The zero-order chi connectivity index (χ0) is 16.1. The predicted octanol–water partition coefficient (Wildman–Crippen LogP) is 5.07. The van der Waals surface area contributed by atoms with Crippen molar-refractivity contribution in [1.82, 2.24) is 5.32 Å². The first-order valence-electron chi connectivity index (χ1n) is 7.51. The van der Waals surface area contributed by atoms with Gasteiger partial charge in [-0.15, -0.1) is 0 Å². The standard InChI is InChI=1S/C19H17ClFNO/c20-15-7-5-14(6-8-15)11-12-22-13-16-9-10-19(23-16)17-3-1-2-4-18(17)21/h1-10,22H,11-13H2. The lowest BCUT2D eigenvalue weighted by Gasteiger charge is -2.04. The van der Waals surface area contributed by atoms with Gasteiger partial charge in [-0.05, 0) is 54.9 Å². The van der Waals surface area contributed by atoms with Crippen molar-refractivity contribution in [3.8, 4) is 11.3 Å². The summed E-state index contributed by atoms with van der Waals surface area (Å²) >= 11 is 5.86. The Morgan fingerprint density at radius 1 is 0.957 bits per heavy atom. The smallest absolute Gasteiger partial charge is 0.137 e. The number of halogens is 2. The molecule has 4 heteroatoms. The largest absolute Gasteiger partial charge is 0.460 e. The van der Waals surface area contributed by atoms with E-state index in [1.54, 1.807) is 24.3 Å². The lowest BCUT2D eigenvalue weighted by molar-refractivity contribution is 0.491. The van der Waals surface area contributed by atoms with Crippen LogP contribution in [0.1, 0.15) is 11.3 Å². The highest BCUT2D eigenvalue weighted by molar-refractivity contribution is 6.30. The summed E-state index contributed by atoms with van der Waals surface area (Å²) in [5.41, 5.74) is 1.72. The Morgan fingerprint density at radius 3 is 2.52 bits per heavy atom. The number of furan rings is 1. The summed E-state index contributed by atoms with van der Waals surface area (Å²) < 4.78 is 19.4. The summed E-state index contributed by atoms with van der Waals surface area (Å²) in [6, 6.07) is 18.1. The fourth-order valence-corrected chi connectivity index (χ4v) is 2.50. The molecular formula is C19H17ClFNO. The average Bonchev–Trinajstić information content (AvgIpc) is 3.02. The van der Waals surface area contributed by atoms with Gasteiger partial charge in [0, 0.05) is 5.02 Å². The van der Waals surface area contributed by atoms with Crippen LogP contribution in [0.3, 0.4) is 0 Å². The number of nitrogens with one attached hydrogen (secondary N) is 1. The van der Waals surface area contributed by atoms with Gasteiger partial charge in [0.2, 0.25) is 0 Å². The second-order valence-corrected chi connectivity index (χ2v) is 5.74. The molecule has 0 radical (unpaired) electrons. The predicted molar refractivity (Wildman–Crippen MR) is 91.0 cm³/mol. The van der Waals surface area contributed by atoms with Crippen molar-refractivity contribution in [3.63, 3.8) is 0 Å². The van der Waals surface area contributed by atoms with Gasteiger partial charge in [-0.2, -0.15) is 0 Å². The van der Waals surface area contributed by atoms with E-state index in [1.165, 1.54) is 11.6 Å². The van der Waals surface area contributed by atoms with Crippen LogP contribution in [0.4, 0.5) is 4.39 Å². The molecule has 0 aliphatic carbocycles. The Bertz CT molecular complexity index is 767. The molecule has 0 aliphatic rings. The van der Waals surface area contributed by atoms with E-state index in [9.17, 15) is 4.39 Å². The fourth-order valence-electron chi connectivity index (χ4n) is 2.37. The van der Waals surface area contributed by atoms with E-state index in [0.29, 0.717) is 17.9 Å². The summed E-state index contributed by atoms with van der Waals surface area (Å²) in [5, 5.41) is 4.07. The van der Waals surface area contributed by atoms with Crippen LogP contribution in [-0.2, 0) is 13.0 Å². The molecule has 118 valence electrons. The molecule has 0 atom stereocenters. The molecule has 0 saturated carbocycles. The Kier molecular flexibility index (Phi) is 5.11. The zero-order valence-corrected chi connectivity index (χ0v) is 13.3. The van der Waals surface area contributed by atoms with Crippen LogP contribution in [-0.4, -0.2) is 6.54 Å². The zero-order valence-electron chi connectivity index (χ0n) is 12.6. The molecule has 1 aromatic heterocycles. The number of hydrogen-bond acceptors (Lipinski definition) is 2. The maximum atomic E-state index is 13.7. The van der Waals surface area contributed by atoms with Gasteiger partial charge in [-0.25, -0.2) is 4.39 Å². The van der Waals surface area contributed by atoms with Crippen molar-refractivity contribution in [1.29, 1.82) is 0 Å². The van der Waals surface area contributed by atoms with E-state index in [4.69, 9.17) is 16.0 Å². The minimum absolute atomic E-state index is 0.274. The first-order valence-corrected chi connectivity index (χ1v) is 7.89. The van der Waals surface area contributed by atoms with Crippen LogP contribution < -0.4 is 5.32 Å². The molecule has 1 heterocycles. The summed E-state index contributed by atoms with van der Waals surface area (Å²) in [6.45, 7) is 1.44. The second-order valence-electron chi connectivity index (χ2n) is 5.30. The van der Waals surface area contributed by atoms with E-state index in [0.717, 1.165) is 23.7 Å². The minimum atomic E-state index is -0.274. The number of rotatable bonds is 6. The highest BCUT2D eigenvalue weighted by Crippen LogP contribution is 2.24. The molecule has 0 fully saturated rings. The minimum Gasteiger partial charge on any atom is -0.460 e. The van der Waals surface area contributed by atoms with E-state index < -0.39 is 0 Å². The monoisotopic (exact) mass is 329 g/mol. The molecule has 3 aromatic rings. The van der Waals surface area contributed by atoms with Crippen molar-refractivity contribution < 1.29 is 8.81 Å². The van der Waals surface area contributed by atoms with E-state index in [1.807, 2.05) is 30.3 Å². The molecule has 23 heavy (non-hydrogen) atoms. The Morgan fingerprint density at radius 2 is 1.74 bits per heavy atom. The van der Waals surface area contributed by atoms with Crippen LogP contribution in [0.5, 0.6) is 0 Å². The SMILES string of the molecule is Fc1ccccc1-c1ccc(CNCCc2ccc(Cl)cc2)o1. The van der Waals surface area contributed by atoms with Gasteiger partial charge in [-0.3, -0.25) is 0 Å². The highest BCUT2D eigenvalue weighted by Gasteiger charge is 2.08. The fraction of sp³-hybridized carbons (Fsp3) is 0.158. The molecule has 0 unspecified atom stereocenters. The first-order chi connectivity index (χ1) is 11.2. The third-order valence-corrected chi connectivity index (χ3v) is 3.86. The third kappa shape index (κ3) is 4.21. The van der Waals surface area contributed by atoms with Crippen LogP contribution in [0, 0.1) is 5.82 Å². The molecule has 2 aromatic carbocycles. The molecule has 1 N–H and O–H groups in total. The van der Waals surface area contributed by atoms with E-state index in [-0.39, 0.29) is 5.82 Å². The van der Waals surface area contributed by atoms with Gasteiger partial charge in [0.05, 0.1) is 12.1 Å². The number of hydrogen-bond donors (Lipinski definition) is 1. The van der Waals surface area contributed by atoms with E-state index >= 15 is 0 Å². The molecule has 0 saturated heterocycles. The lowest BCUT2D eigenvalue weighted by Crippen LogP contribution is -2.16. The maximum absolute atomic E-state index is 13.7. The topological polar surface area (TPSA) is 25.2 Å². The summed E-state index contributed by atoms with van der Waals surface area (Å²) in [6.07, 6.45) is 0.915. The second kappa shape index (κ2) is 7.44. The summed E-state index contributed by atoms with van der Waals surface area (Å²) in [7, 11) is 0. The Hall–Kier alpha value is -2.10. The van der Waals surface area contributed by atoms with Gasteiger partial charge >= 0.3 is 0 Å². The van der Waals surface area contributed by atoms with Gasteiger partial charge < -0.3 is 9.73 Å². The molecular weight excluding hydrogens is 313 g/mol. The van der Waals surface area contributed by atoms with Gasteiger partial charge in [0.1, 0.15) is 17.3 Å². The van der Waals surface area contributed by atoms with Crippen LogP contribution in [0.25, 0.3) is 11.3 Å². The maximum Gasteiger partial charge on any atom is 0.137 e. The molecule has 0 aliphatic heterocycles. The quantitative estimate of drug-likeness (QED) is 0.639. The van der Waals surface area contributed by atoms with Crippen molar-refractivity contribution in [2.45, 2.75) is 13.0 Å². The lowest BCUT2D eigenvalue weighted by atomic mass is 10.1. The van der Waals surface area contributed by atoms with E-state index in [2.05, 4.69) is 5.32 Å².